The molecule has 0 aliphatic rings. The number of aliphatic hydroxyl groups is 1. The van der Waals surface area contributed by atoms with Crippen LogP contribution in [-0.2, 0) is 45.2 Å². The van der Waals surface area contributed by atoms with E-state index in [4.69, 9.17) is 20.9 Å². The lowest BCUT2D eigenvalue weighted by molar-refractivity contribution is -0.140. The van der Waals surface area contributed by atoms with Gasteiger partial charge in [-0.1, -0.05) is 36.4 Å². The number of carbonyl (C=O) groups is 3. The van der Waals surface area contributed by atoms with Crippen molar-refractivity contribution in [1.29, 1.82) is 0 Å². The van der Waals surface area contributed by atoms with Gasteiger partial charge in [0.15, 0.2) is 0 Å². The van der Waals surface area contributed by atoms with E-state index in [0.29, 0.717) is 22.4 Å². The van der Waals surface area contributed by atoms with Gasteiger partial charge in [0.05, 0.1) is 13.0 Å². The molecule has 190 valence electrons. The van der Waals surface area contributed by atoms with Crippen molar-refractivity contribution in [2.45, 2.75) is 65.0 Å². The Labute approximate surface area is 204 Å². The van der Waals surface area contributed by atoms with E-state index in [9.17, 15) is 19.5 Å². The smallest absolute Gasteiger partial charge is 0.444 e. The molecule has 0 saturated heterocycles. The molecule has 2 rings (SSSR count). The van der Waals surface area contributed by atoms with Crippen molar-refractivity contribution in [3.05, 3.63) is 64.7 Å². The van der Waals surface area contributed by atoms with Crippen LogP contribution in [0.2, 0.25) is 0 Å². The normalized spacial score (nSPS) is 11.9. The van der Waals surface area contributed by atoms with Gasteiger partial charge in [-0.05, 0) is 55.5 Å². The van der Waals surface area contributed by atoms with E-state index < -0.39 is 29.9 Å². The zero-order valence-corrected chi connectivity index (χ0v) is 20.2. The van der Waals surface area contributed by atoms with Crippen LogP contribution in [0, 0.1) is 0 Å². The first-order valence-electron chi connectivity index (χ1n) is 11.1. The highest BCUT2D eigenvalue weighted by atomic mass is 16.7. The molecule has 0 saturated carbocycles. The van der Waals surface area contributed by atoms with Crippen molar-refractivity contribution in [2.75, 3.05) is 5.32 Å². The quantitative estimate of drug-likeness (QED) is 0.307. The van der Waals surface area contributed by atoms with Crippen LogP contribution in [0.3, 0.4) is 0 Å². The van der Waals surface area contributed by atoms with Gasteiger partial charge in [-0.15, -0.1) is 0 Å². The second-order valence-electron chi connectivity index (χ2n) is 8.89. The summed E-state index contributed by atoms with van der Waals surface area (Å²) in [6.45, 7) is 4.90. The molecule has 0 aliphatic carbocycles. The first kappa shape index (κ1) is 27.8. The maximum absolute atomic E-state index is 12.1. The predicted octanol–water partition coefficient (Wildman–Crippen LogP) is 3.12. The predicted molar refractivity (Wildman–Crippen MR) is 129 cm³/mol. The third kappa shape index (κ3) is 9.36. The molecule has 0 radical (unpaired) electrons. The number of aliphatic hydroxyl groups excluding tert-OH is 1. The minimum atomic E-state index is -1.11. The van der Waals surface area contributed by atoms with Crippen LogP contribution in [0.1, 0.15) is 49.4 Å². The van der Waals surface area contributed by atoms with Crippen LogP contribution in [-0.4, -0.2) is 35.0 Å². The Morgan fingerprint density at radius 2 is 1.74 bits per heavy atom. The Bertz CT molecular complexity index is 1020. The van der Waals surface area contributed by atoms with Gasteiger partial charge >= 0.3 is 18.2 Å². The molecular weight excluding hydrogens is 454 g/mol. The van der Waals surface area contributed by atoms with Crippen LogP contribution in [0.5, 0.6) is 0 Å². The molecule has 0 aromatic heterocycles. The molecule has 6 N–H and O–H groups in total. The highest BCUT2D eigenvalue weighted by Gasteiger charge is 2.21. The summed E-state index contributed by atoms with van der Waals surface area (Å²) in [6, 6.07) is 11.6. The van der Waals surface area contributed by atoms with Gasteiger partial charge in [-0.25, -0.2) is 9.59 Å². The minimum absolute atomic E-state index is 0.0234. The number of nitrogens with two attached hydrogens (primary N) is 2. The molecule has 2 aromatic rings. The summed E-state index contributed by atoms with van der Waals surface area (Å²) in [5, 5.41) is 12.6. The SMILES string of the molecule is CC(C)(C)OC(=O)Nc1ccc(C[C@@H](N)CC(=O)OC(=O)OCc2ccccc2)c(CO)c1CN. The lowest BCUT2D eigenvalue weighted by Gasteiger charge is -2.22. The fourth-order valence-electron chi connectivity index (χ4n) is 3.34. The Balaban J connectivity index is 1.97. The molecular formula is C25H33N3O7. The molecule has 0 aliphatic heterocycles. The van der Waals surface area contributed by atoms with E-state index in [1.165, 1.54) is 0 Å². The summed E-state index contributed by atoms with van der Waals surface area (Å²) in [6.07, 6.45) is -1.81. The van der Waals surface area contributed by atoms with Crippen LogP contribution in [0.4, 0.5) is 15.3 Å². The van der Waals surface area contributed by atoms with E-state index in [0.717, 1.165) is 5.56 Å². The number of benzene rings is 2. The second kappa shape index (κ2) is 12.8. The van der Waals surface area contributed by atoms with Crippen LogP contribution < -0.4 is 16.8 Å². The molecule has 2 aromatic carbocycles. The molecule has 0 spiro atoms. The number of ether oxygens (including phenoxy) is 3. The number of anilines is 1. The van der Waals surface area contributed by atoms with Crippen LogP contribution in [0.15, 0.2) is 42.5 Å². The summed E-state index contributed by atoms with van der Waals surface area (Å²) in [5.41, 5.74) is 14.1. The van der Waals surface area contributed by atoms with Gasteiger partial charge in [0.2, 0.25) is 0 Å². The number of nitrogens with one attached hydrogen (secondary N) is 1. The zero-order chi connectivity index (χ0) is 26.0. The fraction of sp³-hybridized carbons (Fsp3) is 0.400. The highest BCUT2D eigenvalue weighted by Crippen LogP contribution is 2.26. The van der Waals surface area contributed by atoms with Crippen molar-refractivity contribution in [1.82, 2.24) is 0 Å². The first-order chi connectivity index (χ1) is 16.5. The van der Waals surface area contributed by atoms with Gasteiger partial charge in [-0.2, -0.15) is 0 Å². The average molecular weight is 488 g/mol. The number of hydrogen-bond donors (Lipinski definition) is 4. The minimum Gasteiger partial charge on any atom is -0.444 e. The Kier molecular flexibility index (Phi) is 10.2. The standard InChI is InChI=1S/C25H33N3O7/c1-25(2,3)35-23(31)28-21-10-9-17(20(14-29)19(21)13-26)11-18(27)12-22(30)34-24(32)33-15-16-7-5-4-6-8-16/h4-10,18,29H,11-15,26-27H2,1-3H3,(H,28,31)/t18-/m1/s1. The fourth-order valence-corrected chi connectivity index (χ4v) is 3.34. The summed E-state index contributed by atoms with van der Waals surface area (Å²) in [7, 11) is 0. The molecule has 10 nitrogen and oxygen atoms in total. The maximum Gasteiger partial charge on any atom is 0.516 e. The van der Waals surface area contributed by atoms with Gasteiger partial charge in [0.25, 0.3) is 0 Å². The zero-order valence-electron chi connectivity index (χ0n) is 20.2. The van der Waals surface area contributed by atoms with Gasteiger partial charge in [0.1, 0.15) is 12.2 Å². The van der Waals surface area contributed by atoms with Crippen molar-refractivity contribution in [3.63, 3.8) is 0 Å². The third-order valence-electron chi connectivity index (χ3n) is 4.83. The summed E-state index contributed by atoms with van der Waals surface area (Å²) in [5.74, 6) is -0.830. The van der Waals surface area contributed by atoms with Gasteiger partial charge < -0.3 is 30.8 Å². The molecule has 10 heteroatoms. The average Bonchev–Trinajstić information content (AvgIpc) is 2.77. The van der Waals surface area contributed by atoms with Crippen molar-refractivity contribution >= 4 is 23.9 Å². The summed E-state index contributed by atoms with van der Waals surface area (Å²) >= 11 is 0. The number of amides is 1. The summed E-state index contributed by atoms with van der Waals surface area (Å²) in [4.78, 5) is 36.0. The van der Waals surface area contributed by atoms with Crippen LogP contribution in [0.25, 0.3) is 0 Å². The topological polar surface area (TPSA) is 163 Å². The monoisotopic (exact) mass is 487 g/mol. The molecule has 0 unspecified atom stereocenters. The van der Waals surface area contributed by atoms with E-state index in [-0.39, 0.29) is 32.6 Å². The van der Waals surface area contributed by atoms with Crippen molar-refractivity contribution in [3.8, 4) is 0 Å². The lowest BCUT2D eigenvalue weighted by atomic mass is 9.94. The number of carbonyl (C=O) groups excluding carboxylic acids is 3. The van der Waals surface area contributed by atoms with Gasteiger partial charge in [0, 0.05) is 18.3 Å². The highest BCUT2D eigenvalue weighted by molar-refractivity contribution is 5.86. The van der Waals surface area contributed by atoms with Crippen molar-refractivity contribution in [2.24, 2.45) is 11.5 Å². The maximum atomic E-state index is 12.1. The lowest BCUT2D eigenvalue weighted by Crippen LogP contribution is -2.29. The first-order valence-corrected chi connectivity index (χ1v) is 11.1. The summed E-state index contributed by atoms with van der Waals surface area (Å²) < 4.78 is 14.9. The molecule has 1 atom stereocenters. The molecule has 0 bridgehead atoms. The number of esters is 1. The van der Waals surface area contributed by atoms with Gasteiger partial charge in [-0.3, -0.25) is 10.1 Å². The molecule has 1 amide bonds. The van der Waals surface area contributed by atoms with E-state index in [1.807, 2.05) is 6.07 Å². The van der Waals surface area contributed by atoms with Crippen molar-refractivity contribution < 1.29 is 33.7 Å². The number of rotatable bonds is 9. The van der Waals surface area contributed by atoms with E-state index >= 15 is 0 Å². The van der Waals surface area contributed by atoms with E-state index in [1.54, 1.807) is 57.2 Å². The largest absolute Gasteiger partial charge is 0.516 e. The second-order valence-corrected chi connectivity index (χ2v) is 8.89. The molecule has 0 fully saturated rings. The van der Waals surface area contributed by atoms with E-state index in [2.05, 4.69) is 10.1 Å². The Morgan fingerprint density at radius 3 is 2.34 bits per heavy atom. The Hall–Kier alpha value is -3.47. The number of hydrogen-bond acceptors (Lipinski definition) is 9. The van der Waals surface area contributed by atoms with Crippen LogP contribution >= 0.6 is 0 Å². The molecule has 0 heterocycles. The molecule has 35 heavy (non-hydrogen) atoms. The Morgan fingerprint density at radius 1 is 1.06 bits per heavy atom. The third-order valence-corrected chi connectivity index (χ3v) is 4.83.